The Morgan fingerprint density at radius 2 is 1.55 bits per heavy atom. The molecule has 364 valence electrons. The average Bonchev–Trinajstić information content (AvgIpc) is 3.25. The van der Waals surface area contributed by atoms with Crippen molar-refractivity contribution < 1.29 is 77.3 Å². The normalized spacial score (nSPS) is 30.5. The average molecular weight is 935 g/mol. The van der Waals surface area contributed by atoms with Crippen molar-refractivity contribution in [2.45, 2.75) is 141 Å². The third-order valence-corrected chi connectivity index (χ3v) is 14.1. The number of carbonyl (C=O) groups is 7. The largest absolute Gasteiger partial charge is 0.458 e. The molecule has 6 rings (SSSR count). The summed E-state index contributed by atoms with van der Waals surface area (Å²) in [6.07, 6.45) is -10.2. The third kappa shape index (κ3) is 9.58. The maximum Gasteiger partial charge on any atom is 0.408 e. The molecule has 18 heteroatoms. The fourth-order valence-electron chi connectivity index (χ4n) is 10.7. The topological polar surface area (TPSA) is 274 Å². The summed E-state index contributed by atoms with van der Waals surface area (Å²) in [4.78, 5) is 96.5. The Hall–Kier alpha value is -5.69. The van der Waals surface area contributed by atoms with E-state index in [0.717, 1.165) is 0 Å². The second kappa shape index (κ2) is 19.1. The van der Waals surface area contributed by atoms with Crippen LogP contribution in [0.25, 0.3) is 0 Å². The number of fused-ring (bicyclic) bond motifs is 5. The van der Waals surface area contributed by atoms with Gasteiger partial charge in [-0.3, -0.25) is 14.4 Å². The van der Waals surface area contributed by atoms with Crippen molar-refractivity contribution in [3.63, 3.8) is 0 Å². The summed E-state index contributed by atoms with van der Waals surface area (Å²) in [5.41, 5.74) is -2.97. The first kappa shape index (κ1) is 50.7. The first-order valence-electron chi connectivity index (χ1n) is 22.4. The van der Waals surface area contributed by atoms with Gasteiger partial charge in [0.05, 0.1) is 29.4 Å². The summed E-state index contributed by atoms with van der Waals surface area (Å²) in [7, 11) is 0. The molecule has 0 aliphatic heterocycles. The Bertz CT molecular complexity index is 2280. The minimum Gasteiger partial charge on any atom is -0.458 e. The molecule has 4 aliphatic rings. The van der Waals surface area contributed by atoms with Gasteiger partial charge < -0.3 is 54.8 Å². The zero-order chi connectivity index (χ0) is 49.4. The van der Waals surface area contributed by atoms with E-state index in [0.29, 0.717) is 6.42 Å². The Morgan fingerprint density at radius 3 is 2.12 bits per heavy atom. The molecule has 0 saturated heterocycles. The molecule has 0 radical (unpaired) electrons. The summed E-state index contributed by atoms with van der Waals surface area (Å²) >= 11 is 0. The van der Waals surface area contributed by atoms with Crippen molar-refractivity contribution in [1.82, 2.24) is 5.32 Å². The van der Waals surface area contributed by atoms with E-state index in [-0.39, 0.29) is 48.1 Å². The van der Waals surface area contributed by atoms with Crippen LogP contribution in [0, 0.1) is 22.7 Å². The predicted molar refractivity (Wildman–Crippen MR) is 235 cm³/mol. The van der Waals surface area contributed by atoms with Gasteiger partial charge in [-0.05, 0) is 82.7 Å². The number of amides is 1. The molecule has 11 atom stereocenters. The minimum absolute atomic E-state index is 0.00950. The number of alkyl carbamates (subject to hydrolysis) is 1. The molecule has 18 nitrogen and oxygen atoms in total. The highest BCUT2D eigenvalue weighted by molar-refractivity contribution is 5.94. The molecule has 2 aromatic carbocycles. The molecule has 2 bridgehead atoms. The van der Waals surface area contributed by atoms with E-state index in [4.69, 9.17) is 34.2 Å². The number of nitrogens with two attached hydrogens (primary N) is 1. The van der Waals surface area contributed by atoms with Gasteiger partial charge >= 0.3 is 35.9 Å². The van der Waals surface area contributed by atoms with Crippen LogP contribution < -0.4 is 11.1 Å². The zero-order valence-electron chi connectivity index (χ0n) is 39.1. The SMILES string of the molecule is CC(=O)O[C@@]12CC[C@@H]1C[C@H](O)[C@@]1(C)C(=O)[C@H](O)C3=C(C)[C@@H](OC(=O)[C@H](OC(=O)COC(=O)CCN)[C@@H](NC(=O)OC(C)(C)C)c4ccccc4)C[C@](O)([C@@H](OC(=O)c4ccccc4)[C@H]21)C3(C)C. The van der Waals surface area contributed by atoms with E-state index in [9.17, 15) is 44.1 Å². The summed E-state index contributed by atoms with van der Waals surface area (Å²) < 4.78 is 35.0. The number of ketones is 1. The highest BCUT2D eigenvalue weighted by atomic mass is 16.6. The van der Waals surface area contributed by atoms with Gasteiger partial charge in [0.1, 0.15) is 41.2 Å². The molecule has 1 amide bonds. The Labute approximate surface area is 388 Å². The van der Waals surface area contributed by atoms with Crippen LogP contribution in [0.1, 0.15) is 109 Å². The number of hydrogen-bond donors (Lipinski definition) is 5. The monoisotopic (exact) mass is 934 g/mol. The lowest BCUT2D eigenvalue weighted by molar-refractivity contribution is -0.296. The lowest BCUT2D eigenvalue weighted by Gasteiger charge is -2.68. The smallest absolute Gasteiger partial charge is 0.408 e. The van der Waals surface area contributed by atoms with Crippen LogP contribution in [0.15, 0.2) is 71.8 Å². The fourth-order valence-corrected chi connectivity index (χ4v) is 10.7. The molecular formula is C49H62N2O16. The first-order chi connectivity index (χ1) is 31.3. The van der Waals surface area contributed by atoms with E-state index in [1.54, 1.807) is 57.2 Å². The van der Waals surface area contributed by atoms with Crippen LogP contribution in [0.3, 0.4) is 0 Å². The minimum atomic E-state index is -2.41. The summed E-state index contributed by atoms with van der Waals surface area (Å²) in [5, 5.41) is 40.7. The predicted octanol–water partition coefficient (Wildman–Crippen LogP) is 3.71. The molecule has 0 spiro atoms. The number of aliphatic hydroxyl groups is 3. The van der Waals surface area contributed by atoms with Crippen molar-refractivity contribution >= 4 is 41.7 Å². The zero-order valence-corrected chi connectivity index (χ0v) is 39.1. The van der Waals surface area contributed by atoms with Gasteiger partial charge in [0.15, 0.2) is 12.4 Å². The summed E-state index contributed by atoms with van der Waals surface area (Å²) in [6.45, 7) is 10.9. The van der Waals surface area contributed by atoms with Crippen LogP contribution in [-0.2, 0) is 52.4 Å². The number of Topliss-reactive ketones (excluding diaryl/α,β-unsaturated/α-hetero) is 1. The standard InChI is InChI=1S/C49H62N2O16/c1-26-31(63-43(59)38(64-34(55)25-62-33(54)20-22-50)36(28-15-11-9-12-16-28)51-44(60)67-45(3,4)5)24-49(61)41(65-42(58)29-17-13-10-14-18-29)39-47(8,40(57)37(56)35(26)46(49,6)7)32(53)23-30-19-21-48(30,39)66-27(2)52/h9-18,30-32,36-39,41,53,56,61H,19-25,50H2,1-8H3,(H,51,60)/t30-,31+,32+,36+,37-,38-,39+,41+,47-,48+,49+/m1/s1. The lowest BCUT2D eigenvalue weighted by Crippen LogP contribution is -2.78. The van der Waals surface area contributed by atoms with Gasteiger partial charge in [0.2, 0.25) is 6.10 Å². The van der Waals surface area contributed by atoms with Gasteiger partial charge in [-0.2, -0.15) is 0 Å². The third-order valence-electron chi connectivity index (χ3n) is 14.1. The van der Waals surface area contributed by atoms with Crippen molar-refractivity contribution in [3.8, 4) is 0 Å². The van der Waals surface area contributed by atoms with E-state index >= 15 is 4.79 Å². The Kier molecular flexibility index (Phi) is 14.5. The van der Waals surface area contributed by atoms with Gasteiger partial charge in [0.25, 0.3) is 0 Å². The summed E-state index contributed by atoms with van der Waals surface area (Å²) in [6, 6.07) is 14.2. The molecule has 3 fully saturated rings. The number of nitrogens with one attached hydrogen (secondary N) is 1. The molecular weight excluding hydrogens is 873 g/mol. The molecule has 0 aromatic heterocycles. The Balaban J connectivity index is 1.51. The quantitative estimate of drug-likeness (QED) is 0.109. The molecule has 2 aromatic rings. The van der Waals surface area contributed by atoms with Crippen LogP contribution in [0.2, 0.25) is 0 Å². The van der Waals surface area contributed by atoms with Crippen LogP contribution >= 0.6 is 0 Å². The fraction of sp³-hybridized carbons (Fsp3) is 0.571. The number of benzene rings is 2. The van der Waals surface area contributed by atoms with Gasteiger partial charge in [0, 0.05) is 31.2 Å². The molecule has 6 N–H and O–H groups in total. The molecule has 3 saturated carbocycles. The van der Waals surface area contributed by atoms with Gasteiger partial charge in [-0.15, -0.1) is 0 Å². The van der Waals surface area contributed by atoms with Crippen molar-refractivity contribution in [2.24, 2.45) is 28.4 Å². The molecule has 4 aliphatic carbocycles. The van der Waals surface area contributed by atoms with Gasteiger partial charge in [-0.1, -0.05) is 62.4 Å². The molecule has 0 heterocycles. The first-order valence-corrected chi connectivity index (χ1v) is 22.4. The van der Waals surface area contributed by atoms with Crippen molar-refractivity contribution in [3.05, 3.63) is 82.9 Å². The van der Waals surface area contributed by atoms with Crippen molar-refractivity contribution in [1.29, 1.82) is 0 Å². The van der Waals surface area contributed by atoms with Crippen molar-refractivity contribution in [2.75, 3.05) is 13.2 Å². The maximum absolute atomic E-state index is 15.2. The number of aliphatic hydroxyl groups excluding tert-OH is 2. The van der Waals surface area contributed by atoms with Gasteiger partial charge in [-0.25, -0.2) is 19.2 Å². The second-order valence-corrected chi connectivity index (χ2v) is 19.7. The maximum atomic E-state index is 15.2. The lowest BCUT2D eigenvalue weighted by atomic mass is 9.41. The Morgan fingerprint density at radius 1 is 0.925 bits per heavy atom. The van der Waals surface area contributed by atoms with E-state index in [1.165, 1.54) is 58.9 Å². The number of ether oxygens (including phenoxy) is 6. The second-order valence-electron chi connectivity index (χ2n) is 19.7. The van der Waals surface area contributed by atoms with E-state index in [1.807, 2.05) is 0 Å². The van der Waals surface area contributed by atoms with E-state index in [2.05, 4.69) is 5.32 Å². The van der Waals surface area contributed by atoms with Crippen LogP contribution in [0.5, 0.6) is 0 Å². The molecule has 67 heavy (non-hydrogen) atoms. The highest BCUT2D eigenvalue weighted by Gasteiger charge is 2.77. The highest BCUT2D eigenvalue weighted by Crippen LogP contribution is 2.67. The number of esters is 5. The van der Waals surface area contributed by atoms with E-state index < -0.39 is 131 Å². The number of rotatable bonds is 13. The van der Waals surface area contributed by atoms with Crippen LogP contribution in [0.4, 0.5) is 4.79 Å². The molecule has 0 unspecified atom stereocenters. The van der Waals surface area contributed by atoms with Crippen LogP contribution in [-0.4, -0.2) is 118 Å². The summed E-state index contributed by atoms with van der Waals surface area (Å²) in [5.74, 6) is -7.96. The number of carbonyl (C=O) groups excluding carboxylic acids is 7. The number of hydrogen-bond acceptors (Lipinski definition) is 17.